The molecule has 0 aromatic carbocycles. The Morgan fingerprint density at radius 3 is 2.42 bits per heavy atom. The van der Waals surface area contributed by atoms with Crippen LogP contribution < -0.4 is 0 Å². The molecule has 12 heavy (non-hydrogen) atoms. The predicted octanol–water partition coefficient (Wildman–Crippen LogP) is 2.62. The van der Waals surface area contributed by atoms with Gasteiger partial charge in [0.15, 0.2) is 0 Å². The fourth-order valence-electron chi connectivity index (χ4n) is 1.80. The fourth-order valence-corrected chi connectivity index (χ4v) is 1.80. The highest BCUT2D eigenvalue weighted by Gasteiger charge is 2.47. The number of hydrogen-bond acceptors (Lipinski definition) is 2. The van der Waals surface area contributed by atoms with Crippen molar-refractivity contribution in [2.45, 2.75) is 39.0 Å². The number of nitrogens with zero attached hydrogens (tertiary/aromatic N) is 2. The molecule has 0 aliphatic heterocycles. The van der Waals surface area contributed by atoms with Crippen molar-refractivity contribution >= 4 is 0 Å². The summed E-state index contributed by atoms with van der Waals surface area (Å²) in [5.41, 5.74) is -0.616. The lowest BCUT2D eigenvalue weighted by Gasteiger charge is -2.38. The lowest BCUT2D eigenvalue weighted by Crippen LogP contribution is -2.37. The summed E-state index contributed by atoms with van der Waals surface area (Å²) in [6.45, 7) is 2.14. The quantitative estimate of drug-likeness (QED) is 0.640. The highest BCUT2D eigenvalue weighted by Crippen LogP contribution is 2.48. The van der Waals surface area contributed by atoms with Crippen LogP contribution in [-0.4, -0.2) is 0 Å². The Kier molecular flexibility index (Phi) is 2.71. The summed E-state index contributed by atoms with van der Waals surface area (Å²) < 4.78 is 0. The van der Waals surface area contributed by atoms with Gasteiger partial charge in [0.25, 0.3) is 0 Å². The second-order valence-corrected chi connectivity index (χ2v) is 3.57. The smallest absolute Gasteiger partial charge is 0.146 e. The van der Waals surface area contributed by atoms with Gasteiger partial charge in [-0.05, 0) is 25.2 Å². The zero-order chi connectivity index (χ0) is 9.03. The van der Waals surface area contributed by atoms with E-state index in [0.717, 1.165) is 32.1 Å². The van der Waals surface area contributed by atoms with Crippen molar-refractivity contribution in [3.8, 4) is 12.1 Å². The molecule has 0 N–H and O–H groups in total. The molecule has 0 aromatic heterocycles. The van der Waals surface area contributed by atoms with E-state index in [1.165, 1.54) is 0 Å². The normalized spacial score (nSPS) is 25.1. The van der Waals surface area contributed by atoms with Gasteiger partial charge in [0.05, 0.1) is 12.1 Å². The topological polar surface area (TPSA) is 47.6 Å². The van der Waals surface area contributed by atoms with Crippen LogP contribution in [0, 0.1) is 34.0 Å². The molecule has 1 aliphatic rings. The van der Waals surface area contributed by atoms with E-state index >= 15 is 0 Å². The lowest BCUT2D eigenvalue weighted by atomic mass is 9.60. The average molecular weight is 162 g/mol. The molecule has 1 unspecified atom stereocenters. The predicted molar refractivity (Wildman–Crippen MR) is 45.9 cm³/mol. The van der Waals surface area contributed by atoms with Crippen LogP contribution in [0.2, 0.25) is 0 Å². The van der Waals surface area contributed by atoms with Gasteiger partial charge in [-0.25, -0.2) is 0 Å². The van der Waals surface area contributed by atoms with E-state index in [9.17, 15) is 0 Å². The van der Waals surface area contributed by atoms with Crippen molar-refractivity contribution in [1.82, 2.24) is 0 Å². The van der Waals surface area contributed by atoms with Crippen LogP contribution in [0.3, 0.4) is 0 Å². The second-order valence-electron chi connectivity index (χ2n) is 3.57. The maximum Gasteiger partial charge on any atom is 0.146 e. The molecule has 1 fully saturated rings. The summed E-state index contributed by atoms with van der Waals surface area (Å²) in [7, 11) is 0. The number of nitriles is 2. The number of rotatable bonds is 3. The highest BCUT2D eigenvalue weighted by molar-refractivity contribution is 5.21. The van der Waals surface area contributed by atoms with E-state index in [1.807, 2.05) is 0 Å². The molecule has 1 atom stereocenters. The van der Waals surface area contributed by atoms with Crippen LogP contribution in [-0.2, 0) is 0 Å². The van der Waals surface area contributed by atoms with Crippen LogP contribution in [0.1, 0.15) is 39.0 Å². The molecule has 0 aromatic rings. The van der Waals surface area contributed by atoms with Crippen molar-refractivity contribution in [1.29, 1.82) is 10.5 Å². The van der Waals surface area contributed by atoms with E-state index < -0.39 is 5.41 Å². The van der Waals surface area contributed by atoms with Crippen molar-refractivity contribution in [3.63, 3.8) is 0 Å². The molecule has 0 bridgehead atoms. The summed E-state index contributed by atoms with van der Waals surface area (Å²) in [6, 6.07) is 4.32. The van der Waals surface area contributed by atoms with Gasteiger partial charge in [-0.1, -0.05) is 19.8 Å². The standard InChI is InChI=1S/C10H14N2/c1-2-3-4-9-5-6-10(9,7-11)8-12/h9H,2-6H2,1H3. The monoisotopic (exact) mass is 162 g/mol. The third kappa shape index (κ3) is 1.30. The Balaban J connectivity index is 2.49. The highest BCUT2D eigenvalue weighted by atomic mass is 14.5. The molecule has 0 spiro atoms. The van der Waals surface area contributed by atoms with Crippen molar-refractivity contribution in [2.24, 2.45) is 11.3 Å². The number of hydrogen-bond donors (Lipinski definition) is 0. The average Bonchev–Trinajstić information content (AvgIpc) is 2.06. The molecule has 1 aliphatic carbocycles. The first-order valence-corrected chi connectivity index (χ1v) is 4.61. The molecule has 1 rings (SSSR count). The summed E-state index contributed by atoms with van der Waals surface area (Å²) in [5, 5.41) is 17.7. The molecular formula is C10H14N2. The lowest BCUT2D eigenvalue weighted by molar-refractivity contribution is 0.143. The molecule has 0 saturated heterocycles. The van der Waals surface area contributed by atoms with Crippen LogP contribution in [0.4, 0.5) is 0 Å². The van der Waals surface area contributed by atoms with Gasteiger partial charge >= 0.3 is 0 Å². The van der Waals surface area contributed by atoms with Crippen LogP contribution in [0.25, 0.3) is 0 Å². The Bertz CT molecular complexity index is 217. The minimum atomic E-state index is -0.616. The van der Waals surface area contributed by atoms with Gasteiger partial charge in [-0.15, -0.1) is 0 Å². The summed E-state index contributed by atoms with van der Waals surface area (Å²) in [6.07, 6.45) is 5.21. The maximum atomic E-state index is 8.83. The molecule has 0 radical (unpaired) electrons. The van der Waals surface area contributed by atoms with Crippen LogP contribution in [0.15, 0.2) is 0 Å². The Morgan fingerprint density at radius 1 is 1.42 bits per heavy atom. The fraction of sp³-hybridized carbons (Fsp3) is 0.800. The van der Waals surface area contributed by atoms with Crippen LogP contribution in [0.5, 0.6) is 0 Å². The Labute approximate surface area is 73.8 Å². The molecule has 2 nitrogen and oxygen atoms in total. The second kappa shape index (κ2) is 3.59. The minimum absolute atomic E-state index is 0.354. The third-order valence-corrected chi connectivity index (χ3v) is 2.89. The van der Waals surface area contributed by atoms with Crippen molar-refractivity contribution < 1.29 is 0 Å². The SMILES string of the molecule is CCCCC1CCC1(C#N)C#N. The van der Waals surface area contributed by atoms with Gasteiger partial charge in [0.2, 0.25) is 0 Å². The summed E-state index contributed by atoms with van der Waals surface area (Å²) in [5.74, 6) is 0.354. The van der Waals surface area contributed by atoms with Crippen molar-refractivity contribution in [3.05, 3.63) is 0 Å². The van der Waals surface area contributed by atoms with Crippen molar-refractivity contribution in [2.75, 3.05) is 0 Å². The van der Waals surface area contributed by atoms with Gasteiger partial charge in [-0.3, -0.25) is 0 Å². The first-order valence-electron chi connectivity index (χ1n) is 4.61. The van der Waals surface area contributed by atoms with E-state index in [1.54, 1.807) is 0 Å². The Hall–Kier alpha value is -1.02. The molecule has 1 saturated carbocycles. The number of unbranched alkanes of at least 4 members (excludes halogenated alkanes) is 1. The molecule has 0 amide bonds. The van der Waals surface area contributed by atoms with Gasteiger partial charge in [-0.2, -0.15) is 10.5 Å². The largest absolute Gasteiger partial charge is 0.197 e. The minimum Gasteiger partial charge on any atom is -0.197 e. The molecular weight excluding hydrogens is 148 g/mol. The van der Waals surface area contributed by atoms with E-state index in [-0.39, 0.29) is 0 Å². The third-order valence-electron chi connectivity index (χ3n) is 2.89. The zero-order valence-corrected chi connectivity index (χ0v) is 7.51. The zero-order valence-electron chi connectivity index (χ0n) is 7.51. The molecule has 64 valence electrons. The first-order chi connectivity index (χ1) is 5.79. The van der Waals surface area contributed by atoms with E-state index in [4.69, 9.17) is 10.5 Å². The van der Waals surface area contributed by atoms with Crippen LogP contribution >= 0.6 is 0 Å². The summed E-state index contributed by atoms with van der Waals surface area (Å²) in [4.78, 5) is 0. The van der Waals surface area contributed by atoms with E-state index in [2.05, 4.69) is 19.1 Å². The van der Waals surface area contributed by atoms with Gasteiger partial charge in [0.1, 0.15) is 5.41 Å². The Morgan fingerprint density at radius 2 is 2.08 bits per heavy atom. The molecule has 2 heteroatoms. The first kappa shape index (κ1) is 9.07. The van der Waals surface area contributed by atoms with E-state index in [0.29, 0.717) is 5.92 Å². The maximum absolute atomic E-state index is 8.83. The van der Waals surface area contributed by atoms with Gasteiger partial charge < -0.3 is 0 Å². The molecule has 0 heterocycles. The van der Waals surface area contributed by atoms with Gasteiger partial charge in [0, 0.05) is 0 Å². The summed E-state index contributed by atoms with van der Waals surface area (Å²) >= 11 is 0.